The highest BCUT2D eigenvalue weighted by Crippen LogP contribution is 2.25. The van der Waals surface area contributed by atoms with Crippen molar-refractivity contribution >= 4 is 5.84 Å². The van der Waals surface area contributed by atoms with Crippen molar-refractivity contribution in [3.8, 4) is 5.75 Å². The summed E-state index contributed by atoms with van der Waals surface area (Å²) in [7, 11) is 0. The quantitative estimate of drug-likeness (QED) is 0.416. The smallest absolute Gasteiger partial charge is 0.122 e. The minimum absolute atomic E-state index is 0.201. The van der Waals surface area contributed by atoms with E-state index in [2.05, 4.69) is 39.0 Å². The van der Waals surface area contributed by atoms with Gasteiger partial charge in [0, 0.05) is 5.41 Å². The molecule has 3 nitrogen and oxygen atoms in total. The molecular formula is C18H30N2O. The lowest BCUT2D eigenvalue weighted by molar-refractivity contribution is 0.294. The number of ether oxygens (including phenoxy) is 1. The maximum atomic E-state index is 7.55. The van der Waals surface area contributed by atoms with E-state index >= 15 is 0 Å². The molecule has 0 aliphatic heterocycles. The summed E-state index contributed by atoms with van der Waals surface area (Å²) < 4.78 is 5.92. The van der Waals surface area contributed by atoms with Crippen LogP contribution in [0.3, 0.4) is 0 Å². The number of hydrogen-bond acceptors (Lipinski definition) is 2. The Labute approximate surface area is 129 Å². The molecule has 1 rings (SSSR count). The number of nitrogens with two attached hydrogens (primary N) is 1. The van der Waals surface area contributed by atoms with Gasteiger partial charge in [0.15, 0.2) is 0 Å². The molecule has 0 spiro atoms. The fraction of sp³-hybridized carbons (Fsp3) is 0.611. The lowest BCUT2D eigenvalue weighted by atomic mass is 9.86. The standard InChI is InChI=1S/C18H30N2O/c1-13(2)15-9-8-14(3)16(12-15)21-11-7-6-10-18(4,5)17(19)20/h8-9,12-13H,6-7,10-11H2,1-5H3,(H3,19,20). The first-order valence-corrected chi connectivity index (χ1v) is 7.82. The summed E-state index contributed by atoms with van der Waals surface area (Å²) in [6.07, 6.45) is 2.94. The minimum atomic E-state index is -0.201. The molecule has 0 bridgehead atoms. The van der Waals surface area contributed by atoms with Crippen LogP contribution >= 0.6 is 0 Å². The average Bonchev–Trinajstić information content (AvgIpc) is 2.39. The van der Waals surface area contributed by atoms with Crippen LogP contribution in [0.25, 0.3) is 0 Å². The molecule has 0 aromatic heterocycles. The summed E-state index contributed by atoms with van der Waals surface area (Å²) in [6.45, 7) is 11.2. The van der Waals surface area contributed by atoms with Crippen molar-refractivity contribution in [3.63, 3.8) is 0 Å². The Kier molecular flexibility index (Phi) is 6.25. The predicted molar refractivity (Wildman–Crippen MR) is 90.3 cm³/mol. The van der Waals surface area contributed by atoms with Crippen molar-refractivity contribution < 1.29 is 4.74 Å². The predicted octanol–water partition coefficient (Wildman–Crippen LogP) is 4.63. The van der Waals surface area contributed by atoms with E-state index in [0.29, 0.717) is 5.92 Å². The van der Waals surface area contributed by atoms with Crippen molar-refractivity contribution in [2.75, 3.05) is 6.61 Å². The molecule has 0 atom stereocenters. The third-order valence-corrected chi connectivity index (χ3v) is 4.06. The van der Waals surface area contributed by atoms with Gasteiger partial charge in [-0.15, -0.1) is 0 Å². The van der Waals surface area contributed by atoms with Gasteiger partial charge >= 0.3 is 0 Å². The largest absolute Gasteiger partial charge is 0.493 e. The molecule has 3 heteroatoms. The van der Waals surface area contributed by atoms with Crippen molar-refractivity contribution in [2.45, 2.75) is 59.8 Å². The van der Waals surface area contributed by atoms with E-state index in [-0.39, 0.29) is 11.3 Å². The fourth-order valence-corrected chi connectivity index (χ4v) is 2.12. The van der Waals surface area contributed by atoms with E-state index in [0.717, 1.165) is 31.6 Å². The summed E-state index contributed by atoms with van der Waals surface area (Å²) in [4.78, 5) is 0. The van der Waals surface area contributed by atoms with E-state index in [1.165, 1.54) is 11.1 Å². The van der Waals surface area contributed by atoms with Gasteiger partial charge in [-0.05, 0) is 49.3 Å². The Bertz CT molecular complexity index is 478. The van der Waals surface area contributed by atoms with Crippen LogP contribution in [0.15, 0.2) is 18.2 Å². The van der Waals surface area contributed by atoms with Gasteiger partial charge in [-0.1, -0.05) is 39.8 Å². The van der Waals surface area contributed by atoms with Gasteiger partial charge in [0.1, 0.15) is 5.75 Å². The highest BCUT2D eigenvalue weighted by Gasteiger charge is 2.20. The third-order valence-electron chi connectivity index (χ3n) is 4.06. The molecule has 0 fully saturated rings. The van der Waals surface area contributed by atoms with Gasteiger partial charge in [-0.3, -0.25) is 5.41 Å². The van der Waals surface area contributed by atoms with Gasteiger partial charge in [0.25, 0.3) is 0 Å². The first-order chi connectivity index (χ1) is 9.74. The van der Waals surface area contributed by atoms with Crippen LogP contribution in [0.2, 0.25) is 0 Å². The molecule has 0 amide bonds. The summed E-state index contributed by atoms with van der Waals surface area (Å²) in [5.74, 6) is 1.78. The van der Waals surface area contributed by atoms with Gasteiger partial charge in [-0.2, -0.15) is 0 Å². The lowest BCUT2D eigenvalue weighted by Crippen LogP contribution is -2.30. The molecule has 1 aromatic carbocycles. The van der Waals surface area contributed by atoms with Gasteiger partial charge in [0.2, 0.25) is 0 Å². The zero-order valence-corrected chi connectivity index (χ0v) is 14.1. The molecule has 0 saturated carbocycles. The second kappa shape index (κ2) is 7.48. The number of benzene rings is 1. The Hall–Kier alpha value is -1.51. The molecule has 0 radical (unpaired) electrons. The molecule has 0 unspecified atom stereocenters. The molecule has 3 N–H and O–H groups in total. The SMILES string of the molecule is Cc1ccc(C(C)C)cc1OCCCCC(C)(C)C(=N)N. The molecule has 118 valence electrons. The molecular weight excluding hydrogens is 260 g/mol. The van der Waals surface area contributed by atoms with Crippen LogP contribution in [0.4, 0.5) is 0 Å². The summed E-state index contributed by atoms with van der Waals surface area (Å²) >= 11 is 0. The Morgan fingerprint density at radius 3 is 2.52 bits per heavy atom. The maximum absolute atomic E-state index is 7.55. The fourth-order valence-electron chi connectivity index (χ4n) is 2.12. The monoisotopic (exact) mass is 290 g/mol. The van der Waals surface area contributed by atoms with Crippen molar-refractivity contribution in [2.24, 2.45) is 11.1 Å². The topological polar surface area (TPSA) is 59.1 Å². The number of rotatable bonds is 8. The van der Waals surface area contributed by atoms with Crippen molar-refractivity contribution in [3.05, 3.63) is 29.3 Å². The van der Waals surface area contributed by atoms with Crippen LogP contribution in [0.5, 0.6) is 5.75 Å². The molecule has 0 aliphatic rings. The second-order valence-corrected chi connectivity index (χ2v) is 6.78. The van der Waals surface area contributed by atoms with Crippen molar-refractivity contribution in [1.82, 2.24) is 0 Å². The Balaban J connectivity index is 2.43. The first-order valence-electron chi connectivity index (χ1n) is 7.82. The van der Waals surface area contributed by atoms with Crippen LogP contribution in [0, 0.1) is 17.7 Å². The second-order valence-electron chi connectivity index (χ2n) is 6.78. The maximum Gasteiger partial charge on any atom is 0.122 e. The van der Waals surface area contributed by atoms with E-state index in [4.69, 9.17) is 15.9 Å². The molecule has 0 saturated heterocycles. The third kappa shape index (κ3) is 5.41. The van der Waals surface area contributed by atoms with Gasteiger partial charge in [-0.25, -0.2) is 0 Å². The van der Waals surface area contributed by atoms with Gasteiger partial charge < -0.3 is 10.5 Å². The van der Waals surface area contributed by atoms with Crippen LogP contribution in [-0.2, 0) is 0 Å². The summed E-state index contributed by atoms with van der Waals surface area (Å²) in [5, 5.41) is 7.55. The Morgan fingerprint density at radius 2 is 1.95 bits per heavy atom. The number of amidine groups is 1. The Morgan fingerprint density at radius 1 is 1.29 bits per heavy atom. The summed E-state index contributed by atoms with van der Waals surface area (Å²) in [5.41, 5.74) is 7.89. The molecule has 0 aliphatic carbocycles. The minimum Gasteiger partial charge on any atom is -0.493 e. The van der Waals surface area contributed by atoms with Crippen LogP contribution in [-0.4, -0.2) is 12.4 Å². The van der Waals surface area contributed by atoms with Crippen molar-refractivity contribution in [1.29, 1.82) is 5.41 Å². The zero-order chi connectivity index (χ0) is 16.0. The van der Waals surface area contributed by atoms with Crippen LogP contribution in [0.1, 0.15) is 64.0 Å². The highest BCUT2D eigenvalue weighted by molar-refractivity contribution is 5.82. The summed E-state index contributed by atoms with van der Waals surface area (Å²) in [6, 6.07) is 6.45. The normalized spacial score (nSPS) is 11.7. The lowest BCUT2D eigenvalue weighted by Gasteiger charge is -2.22. The van der Waals surface area contributed by atoms with Crippen LogP contribution < -0.4 is 10.5 Å². The number of aryl methyl sites for hydroxylation is 1. The molecule has 1 aromatic rings. The van der Waals surface area contributed by atoms with Gasteiger partial charge in [0.05, 0.1) is 12.4 Å². The number of nitrogens with one attached hydrogen (secondary N) is 1. The molecule has 21 heavy (non-hydrogen) atoms. The number of hydrogen-bond donors (Lipinski definition) is 2. The van der Waals surface area contributed by atoms with E-state index in [9.17, 15) is 0 Å². The van der Waals surface area contributed by atoms with E-state index in [1.807, 2.05) is 13.8 Å². The average molecular weight is 290 g/mol. The van der Waals surface area contributed by atoms with E-state index < -0.39 is 0 Å². The highest BCUT2D eigenvalue weighted by atomic mass is 16.5. The first kappa shape index (κ1) is 17.5. The number of unbranched alkanes of at least 4 members (excludes halogenated alkanes) is 1. The zero-order valence-electron chi connectivity index (χ0n) is 14.1. The van der Waals surface area contributed by atoms with E-state index in [1.54, 1.807) is 0 Å². The molecule has 0 heterocycles.